The number of hydrogen-bond donors (Lipinski definition) is 4. The highest BCUT2D eigenvalue weighted by atomic mass is 35.5. The molecule has 1 aromatic rings. The van der Waals surface area contributed by atoms with Crippen LogP contribution in [-0.2, 0) is 14.8 Å². The first-order valence-electron chi connectivity index (χ1n) is 8.15. The van der Waals surface area contributed by atoms with Crippen molar-refractivity contribution in [2.24, 2.45) is 11.8 Å². The molecule has 0 aromatic heterocycles. The van der Waals surface area contributed by atoms with Gasteiger partial charge >= 0.3 is 0 Å². The Bertz CT molecular complexity index is 717. The van der Waals surface area contributed by atoms with E-state index in [1.165, 1.54) is 12.1 Å². The van der Waals surface area contributed by atoms with Gasteiger partial charge in [-0.05, 0) is 18.1 Å². The van der Waals surface area contributed by atoms with Crippen LogP contribution in [0.2, 0.25) is 0 Å². The van der Waals surface area contributed by atoms with Gasteiger partial charge in [0.15, 0.2) is 0 Å². The fourth-order valence-corrected chi connectivity index (χ4v) is 4.08. The minimum Gasteiger partial charge on any atom is -0.391 e. The van der Waals surface area contributed by atoms with E-state index in [2.05, 4.69) is 15.4 Å². The second kappa shape index (κ2) is 9.61. The van der Waals surface area contributed by atoms with Crippen LogP contribution in [0.5, 0.6) is 0 Å². The number of β-amino-alcohol motifs (C(OH)–C–C–N with tert-alkyl or cyclic N) is 1. The summed E-state index contributed by atoms with van der Waals surface area (Å²) in [6.07, 6.45) is -0.548. The van der Waals surface area contributed by atoms with Crippen molar-refractivity contribution in [3.05, 3.63) is 30.1 Å². The van der Waals surface area contributed by atoms with Crippen LogP contribution in [0.15, 0.2) is 29.2 Å². The number of aliphatic hydroxyl groups is 1. The summed E-state index contributed by atoms with van der Waals surface area (Å²) in [4.78, 5) is 11.9. The van der Waals surface area contributed by atoms with Crippen LogP contribution in [0.4, 0.5) is 4.39 Å². The fraction of sp³-hybridized carbons (Fsp3) is 0.562. The van der Waals surface area contributed by atoms with Crippen LogP contribution in [0.25, 0.3) is 0 Å². The smallest absolute Gasteiger partial charge is 0.244 e. The van der Waals surface area contributed by atoms with Crippen LogP contribution >= 0.6 is 12.4 Å². The van der Waals surface area contributed by atoms with Crippen molar-refractivity contribution in [2.75, 3.05) is 19.6 Å². The lowest BCUT2D eigenvalue weighted by Crippen LogP contribution is -2.51. The number of carbonyl (C=O) groups excluding carboxylic acids is 1. The van der Waals surface area contributed by atoms with Gasteiger partial charge in [0, 0.05) is 25.6 Å². The molecule has 0 aliphatic carbocycles. The van der Waals surface area contributed by atoms with Gasteiger partial charge in [0.25, 0.3) is 0 Å². The van der Waals surface area contributed by atoms with Crippen molar-refractivity contribution in [1.82, 2.24) is 15.4 Å². The van der Waals surface area contributed by atoms with Crippen molar-refractivity contribution in [1.29, 1.82) is 0 Å². The Labute approximate surface area is 159 Å². The van der Waals surface area contributed by atoms with Gasteiger partial charge in [-0.2, -0.15) is 4.72 Å². The van der Waals surface area contributed by atoms with E-state index in [9.17, 15) is 22.7 Å². The van der Waals surface area contributed by atoms with E-state index in [0.717, 1.165) is 12.1 Å². The van der Waals surface area contributed by atoms with Crippen molar-refractivity contribution < 1.29 is 22.7 Å². The molecule has 1 saturated heterocycles. The van der Waals surface area contributed by atoms with E-state index in [1.807, 2.05) is 0 Å². The van der Waals surface area contributed by atoms with E-state index < -0.39 is 38.8 Å². The van der Waals surface area contributed by atoms with Gasteiger partial charge in [-0.1, -0.05) is 26.0 Å². The Morgan fingerprint density at radius 3 is 2.54 bits per heavy atom. The van der Waals surface area contributed by atoms with Gasteiger partial charge in [-0.3, -0.25) is 4.79 Å². The summed E-state index contributed by atoms with van der Waals surface area (Å²) in [5, 5.41) is 15.4. The topological polar surface area (TPSA) is 108 Å². The molecule has 4 N–H and O–H groups in total. The second-order valence-electron chi connectivity index (χ2n) is 6.50. The van der Waals surface area contributed by atoms with Crippen LogP contribution in [0.1, 0.15) is 13.8 Å². The quantitative estimate of drug-likeness (QED) is 0.516. The molecule has 7 nitrogen and oxygen atoms in total. The molecule has 0 bridgehead atoms. The molecule has 2 rings (SSSR count). The van der Waals surface area contributed by atoms with Gasteiger partial charge in [-0.25, -0.2) is 12.8 Å². The molecule has 26 heavy (non-hydrogen) atoms. The lowest BCUT2D eigenvalue weighted by atomic mass is 10.0. The largest absolute Gasteiger partial charge is 0.391 e. The van der Waals surface area contributed by atoms with Gasteiger partial charge in [0.1, 0.15) is 16.8 Å². The Morgan fingerprint density at radius 2 is 2.00 bits per heavy atom. The first-order valence-corrected chi connectivity index (χ1v) is 9.64. The van der Waals surface area contributed by atoms with Crippen LogP contribution in [0, 0.1) is 17.7 Å². The number of sulfonamides is 1. The third-order valence-corrected chi connectivity index (χ3v) is 5.67. The van der Waals surface area contributed by atoms with Crippen LogP contribution in [-0.4, -0.2) is 51.2 Å². The molecular weight excluding hydrogens is 385 g/mol. The van der Waals surface area contributed by atoms with Crippen LogP contribution in [0.3, 0.4) is 0 Å². The highest BCUT2D eigenvalue weighted by Gasteiger charge is 2.31. The van der Waals surface area contributed by atoms with Gasteiger partial charge in [-0.15, -0.1) is 12.4 Å². The molecule has 1 aromatic carbocycles. The van der Waals surface area contributed by atoms with E-state index >= 15 is 0 Å². The molecule has 1 fully saturated rings. The molecule has 1 heterocycles. The highest BCUT2D eigenvalue weighted by Crippen LogP contribution is 2.16. The molecule has 148 valence electrons. The first-order chi connectivity index (χ1) is 11.7. The summed E-state index contributed by atoms with van der Waals surface area (Å²) in [6.45, 7) is 4.67. The monoisotopic (exact) mass is 409 g/mol. The first kappa shape index (κ1) is 22.8. The predicted molar refractivity (Wildman–Crippen MR) is 98.0 cm³/mol. The average Bonchev–Trinajstić information content (AvgIpc) is 2.95. The normalized spacial score (nSPS) is 21.3. The number of hydrogen-bond acceptors (Lipinski definition) is 5. The van der Waals surface area contributed by atoms with Crippen LogP contribution < -0.4 is 15.4 Å². The highest BCUT2D eigenvalue weighted by molar-refractivity contribution is 7.89. The summed E-state index contributed by atoms with van der Waals surface area (Å²) in [5.41, 5.74) is 0. The second-order valence-corrected chi connectivity index (χ2v) is 8.19. The van der Waals surface area contributed by atoms with Gasteiger partial charge in [0.05, 0.1) is 6.10 Å². The van der Waals surface area contributed by atoms with E-state index in [-0.39, 0.29) is 30.8 Å². The number of carbonyl (C=O) groups is 1. The minimum absolute atomic E-state index is 0. The predicted octanol–water partition coefficient (Wildman–Crippen LogP) is 0.247. The number of nitrogens with one attached hydrogen (secondary N) is 3. The lowest BCUT2D eigenvalue weighted by Gasteiger charge is -2.23. The summed E-state index contributed by atoms with van der Waals surface area (Å²) in [7, 11) is -4.18. The molecule has 1 aliphatic heterocycles. The maximum atomic E-state index is 13.8. The Kier molecular flexibility index (Phi) is 8.42. The molecule has 1 aliphatic rings. The minimum atomic E-state index is -4.18. The fourth-order valence-electron chi connectivity index (χ4n) is 2.65. The Balaban J connectivity index is 0.00000338. The standard InChI is InChI=1S/C16H24FN3O4S.ClH/c1-10(2)15(16(22)19-8-11-7-18-9-13(11)21)20-25(23,24)14-6-4-3-5-12(14)17;/h3-6,10-11,13,15,18,20-21H,7-9H2,1-2H3,(H,19,22);1H. The number of rotatable bonds is 7. The van der Waals surface area contributed by atoms with Gasteiger partial charge < -0.3 is 15.7 Å². The molecule has 0 spiro atoms. The number of benzene rings is 1. The van der Waals surface area contributed by atoms with Crippen molar-refractivity contribution in [2.45, 2.75) is 30.9 Å². The SMILES string of the molecule is CC(C)C(NS(=O)(=O)c1ccccc1F)C(=O)NCC1CNCC1O.Cl. The summed E-state index contributed by atoms with van der Waals surface area (Å²) in [5.74, 6) is -1.85. The number of amides is 1. The zero-order valence-corrected chi connectivity index (χ0v) is 16.2. The van der Waals surface area contributed by atoms with Crippen molar-refractivity contribution in [3.8, 4) is 0 Å². The maximum absolute atomic E-state index is 13.8. The number of halogens is 2. The van der Waals surface area contributed by atoms with E-state index in [1.54, 1.807) is 13.8 Å². The maximum Gasteiger partial charge on any atom is 0.244 e. The molecule has 0 radical (unpaired) electrons. The summed E-state index contributed by atoms with van der Waals surface area (Å²) in [6, 6.07) is 3.95. The molecule has 10 heteroatoms. The average molecular weight is 410 g/mol. The van der Waals surface area contributed by atoms with E-state index in [4.69, 9.17) is 0 Å². The molecule has 3 atom stereocenters. The zero-order chi connectivity index (χ0) is 18.6. The zero-order valence-electron chi connectivity index (χ0n) is 14.6. The van der Waals surface area contributed by atoms with Crippen molar-refractivity contribution in [3.63, 3.8) is 0 Å². The number of aliphatic hydroxyl groups excluding tert-OH is 1. The Hall–Kier alpha value is -1.26. The summed E-state index contributed by atoms with van der Waals surface area (Å²) >= 11 is 0. The van der Waals surface area contributed by atoms with E-state index in [0.29, 0.717) is 13.1 Å². The lowest BCUT2D eigenvalue weighted by molar-refractivity contribution is -0.123. The summed E-state index contributed by atoms with van der Waals surface area (Å²) < 4.78 is 40.9. The third kappa shape index (κ3) is 5.62. The van der Waals surface area contributed by atoms with Crippen molar-refractivity contribution >= 4 is 28.3 Å². The third-order valence-electron chi connectivity index (χ3n) is 4.20. The molecule has 3 unspecified atom stereocenters. The molecule has 0 saturated carbocycles. The molecular formula is C16H25ClFN3O4S. The molecule has 1 amide bonds. The van der Waals surface area contributed by atoms with Gasteiger partial charge in [0.2, 0.25) is 15.9 Å². The Morgan fingerprint density at radius 1 is 1.35 bits per heavy atom.